The van der Waals surface area contributed by atoms with E-state index >= 15 is 0 Å². The first-order valence-corrected chi connectivity index (χ1v) is 5.69. The zero-order chi connectivity index (χ0) is 14.1. The van der Waals surface area contributed by atoms with Crippen molar-refractivity contribution in [3.8, 4) is 0 Å². The number of carboxylic acid groups (broad SMARTS) is 2. The van der Waals surface area contributed by atoms with Crippen LogP contribution in [0.1, 0.15) is 26.2 Å². The molecule has 0 aliphatic rings. The Hall–Kier alpha value is -1.63. The number of hydrogen-bond acceptors (Lipinski definition) is 5. The largest absolute Gasteiger partial charge is 0.481 e. The second-order valence-corrected chi connectivity index (χ2v) is 3.92. The third-order valence-corrected chi connectivity index (χ3v) is 2.29. The van der Waals surface area contributed by atoms with E-state index in [0.717, 1.165) is 0 Å². The van der Waals surface area contributed by atoms with Crippen LogP contribution >= 0.6 is 0 Å². The Bertz CT molecular complexity index is 304. The summed E-state index contributed by atoms with van der Waals surface area (Å²) in [4.78, 5) is 34.0. The van der Waals surface area contributed by atoms with Gasteiger partial charge in [0.05, 0.1) is 13.2 Å². The van der Waals surface area contributed by atoms with E-state index < -0.39 is 23.9 Å². The Morgan fingerprint density at radius 3 is 2.33 bits per heavy atom. The second kappa shape index (κ2) is 8.46. The molecule has 0 heterocycles. The van der Waals surface area contributed by atoms with Gasteiger partial charge in [-0.2, -0.15) is 0 Å². The predicted octanol–water partition coefficient (Wildman–Crippen LogP) is 0.189. The first-order chi connectivity index (χ1) is 8.38. The van der Waals surface area contributed by atoms with Gasteiger partial charge in [-0.3, -0.25) is 19.3 Å². The molecule has 0 spiro atoms. The summed E-state index contributed by atoms with van der Waals surface area (Å²) in [6, 6.07) is -1.00. The monoisotopic (exact) mass is 261 g/mol. The first kappa shape index (κ1) is 16.4. The van der Waals surface area contributed by atoms with Crippen molar-refractivity contribution in [1.29, 1.82) is 0 Å². The van der Waals surface area contributed by atoms with E-state index in [0.29, 0.717) is 13.0 Å². The third-order valence-electron chi connectivity index (χ3n) is 2.29. The highest BCUT2D eigenvalue weighted by atomic mass is 16.5. The minimum atomic E-state index is -1.15. The molecule has 7 heteroatoms. The molecule has 0 amide bonds. The summed E-state index contributed by atoms with van der Waals surface area (Å²) in [5.41, 5.74) is 0. The van der Waals surface area contributed by atoms with Crippen LogP contribution in [-0.4, -0.2) is 59.3 Å². The lowest BCUT2D eigenvalue weighted by Crippen LogP contribution is -2.42. The van der Waals surface area contributed by atoms with E-state index in [1.54, 1.807) is 0 Å². The Labute approximate surface area is 105 Å². The van der Waals surface area contributed by atoms with Crippen molar-refractivity contribution in [2.24, 2.45) is 0 Å². The Kier molecular flexibility index (Phi) is 7.69. The van der Waals surface area contributed by atoms with E-state index in [4.69, 9.17) is 14.9 Å². The zero-order valence-corrected chi connectivity index (χ0v) is 10.6. The van der Waals surface area contributed by atoms with Crippen LogP contribution in [0.3, 0.4) is 0 Å². The summed E-state index contributed by atoms with van der Waals surface area (Å²) in [5.74, 6) is -2.73. The minimum absolute atomic E-state index is 0.0533. The summed E-state index contributed by atoms with van der Waals surface area (Å²) < 4.78 is 4.83. The summed E-state index contributed by atoms with van der Waals surface area (Å²) in [6.45, 7) is 1.97. The van der Waals surface area contributed by atoms with Crippen LogP contribution in [0.4, 0.5) is 0 Å². The van der Waals surface area contributed by atoms with Gasteiger partial charge in [0.25, 0.3) is 0 Å². The molecule has 0 fully saturated rings. The van der Waals surface area contributed by atoms with Crippen LogP contribution in [0.2, 0.25) is 0 Å². The fourth-order valence-corrected chi connectivity index (χ4v) is 1.37. The molecule has 0 bridgehead atoms. The lowest BCUT2D eigenvalue weighted by Gasteiger charge is -2.23. The van der Waals surface area contributed by atoms with Crippen molar-refractivity contribution in [1.82, 2.24) is 4.90 Å². The van der Waals surface area contributed by atoms with Crippen LogP contribution in [0, 0.1) is 0 Å². The van der Waals surface area contributed by atoms with Gasteiger partial charge in [0.1, 0.15) is 6.04 Å². The molecule has 0 aliphatic carbocycles. The number of likely N-dealkylation sites (N-methyl/N-ethyl adjacent to an activating group) is 1. The highest BCUT2D eigenvalue weighted by Gasteiger charge is 2.25. The van der Waals surface area contributed by atoms with Crippen LogP contribution < -0.4 is 0 Å². The van der Waals surface area contributed by atoms with E-state index in [1.807, 2.05) is 6.92 Å². The fourth-order valence-electron chi connectivity index (χ4n) is 1.37. The van der Waals surface area contributed by atoms with E-state index in [9.17, 15) is 14.4 Å². The van der Waals surface area contributed by atoms with Gasteiger partial charge in [0, 0.05) is 6.42 Å². The molecular weight excluding hydrogens is 242 g/mol. The lowest BCUT2D eigenvalue weighted by molar-refractivity contribution is -0.148. The molecule has 2 N–H and O–H groups in total. The normalized spacial score (nSPS) is 12.2. The molecule has 0 aromatic rings. The lowest BCUT2D eigenvalue weighted by atomic mass is 10.1. The number of carbonyl (C=O) groups excluding carboxylic acids is 1. The molecule has 104 valence electrons. The number of aliphatic carboxylic acids is 2. The van der Waals surface area contributed by atoms with Gasteiger partial charge >= 0.3 is 17.9 Å². The van der Waals surface area contributed by atoms with Crippen molar-refractivity contribution < 1.29 is 29.3 Å². The van der Waals surface area contributed by atoms with Crippen molar-refractivity contribution in [3.05, 3.63) is 0 Å². The molecule has 0 saturated heterocycles. The summed E-state index contributed by atoms with van der Waals surface area (Å²) in [6.07, 6.45) is 0.379. The maximum atomic E-state index is 11.3. The quantitative estimate of drug-likeness (QED) is 0.571. The molecule has 7 nitrogen and oxygen atoms in total. The van der Waals surface area contributed by atoms with Gasteiger partial charge in [-0.05, 0) is 19.9 Å². The summed E-state index contributed by atoms with van der Waals surface area (Å²) in [5, 5.41) is 17.5. The average Bonchev–Trinajstić information content (AvgIpc) is 2.25. The average molecular weight is 261 g/mol. The van der Waals surface area contributed by atoms with Crippen molar-refractivity contribution in [2.75, 3.05) is 20.2 Å². The van der Waals surface area contributed by atoms with Gasteiger partial charge < -0.3 is 14.9 Å². The Morgan fingerprint density at radius 2 is 1.89 bits per heavy atom. The van der Waals surface area contributed by atoms with Gasteiger partial charge in [-0.25, -0.2) is 0 Å². The van der Waals surface area contributed by atoms with Crippen molar-refractivity contribution in [3.63, 3.8) is 0 Å². The number of carboxylic acids is 2. The number of esters is 1. The van der Waals surface area contributed by atoms with E-state index in [-0.39, 0.29) is 19.4 Å². The number of rotatable bonds is 9. The van der Waals surface area contributed by atoms with Crippen LogP contribution in [-0.2, 0) is 19.1 Å². The highest BCUT2D eigenvalue weighted by molar-refractivity contribution is 5.77. The topological polar surface area (TPSA) is 104 Å². The van der Waals surface area contributed by atoms with Gasteiger partial charge in [-0.15, -0.1) is 0 Å². The van der Waals surface area contributed by atoms with Crippen LogP contribution in [0.15, 0.2) is 0 Å². The number of hydrogen-bond donors (Lipinski definition) is 2. The number of carbonyl (C=O) groups is 3. The SMILES string of the molecule is CCCOC(=O)CN(C)[C@H](CCC(=O)O)C(=O)O. The molecular formula is C11H19NO6. The zero-order valence-electron chi connectivity index (χ0n) is 10.6. The molecule has 0 unspecified atom stereocenters. The van der Waals surface area contributed by atoms with Gasteiger partial charge in [0.15, 0.2) is 0 Å². The Morgan fingerprint density at radius 1 is 1.28 bits per heavy atom. The standard InChI is InChI=1S/C11H19NO6/c1-3-6-18-10(15)7-12(2)8(11(16)17)4-5-9(13)14/h8H,3-7H2,1-2H3,(H,13,14)(H,16,17)/t8-/m1/s1. The van der Waals surface area contributed by atoms with E-state index in [1.165, 1.54) is 11.9 Å². The Balaban J connectivity index is 4.29. The molecule has 0 aliphatic heterocycles. The molecule has 1 atom stereocenters. The van der Waals surface area contributed by atoms with Crippen LogP contribution in [0.5, 0.6) is 0 Å². The smallest absolute Gasteiger partial charge is 0.320 e. The molecule has 0 rings (SSSR count). The highest BCUT2D eigenvalue weighted by Crippen LogP contribution is 2.06. The summed E-state index contributed by atoms with van der Waals surface area (Å²) >= 11 is 0. The molecule has 18 heavy (non-hydrogen) atoms. The minimum Gasteiger partial charge on any atom is -0.481 e. The number of nitrogens with zero attached hydrogens (tertiary/aromatic N) is 1. The van der Waals surface area contributed by atoms with Gasteiger partial charge in [0.2, 0.25) is 0 Å². The molecule has 0 radical (unpaired) electrons. The second-order valence-electron chi connectivity index (χ2n) is 3.92. The van der Waals surface area contributed by atoms with E-state index in [2.05, 4.69) is 0 Å². The van der Waals surface area contributed by atoms with Crippen LogP contribution in [0.25, 0.3) is 0 Å². The maximum absolute atomic E-state index is 11.3. The maximum Gasteiger partial charge on any atom is 0.320 e. The predicted molar refractivity (Wildman–Crippen MR) is 62.2 cm³/mol. The fraction of sp³-hybridized carbons (Fsp3) is 0.727. The number of ether oxygens (including phenoxy) is 1. The molecule has 0 aromatic heterocycles. The summed E-state index contributed by atoms with van der Waals surface area (Å²) in [7, 11) is 1.45. The molecule has 0 saturated carbocycles. The third kappa shape index (κ3) is 6.85. The van der Waals surface area contributed by atoms with Gasteiger partial charge in [-0.1, -0.05) is 6.92 Å². The van der Waals surface area contributed by atoms with Crippen molar-refractivity contribution >= 4 is 17.9 Å². The van der Waals surface area contributed by atoms with Crippen molar-refractivity contribution in [2.45, 2.75) is 32.2 Å². The molecule has 0 aromatic carbocycles. The first-order valence-electron chi connectivity index (χ1n) is 5.69.